The Morgan fingerprint density at radius 1 is 1.00 bits per heavy atom. The monoisotopic (exact) mass is 230 g/mol. The first kappa shape index (κ1) is 10.1. The number of hydrogen-bond acceptors (Lipinski definition) is 3. The molecule has 4 aliphatic rings. The van der Waals surface area contributed by atoms with Crippen LogP contribution in [0.3, 0.4) is 0 Å². The fourth-order valence-electron chi connectivity index (χ4n) is 4.50. The van der Waals surface area contributed by atoms with Gasteiger partial charge in [0, 0.05) is 5.54 Å². The van der Waals surface area contributed by atoms with Gasteiger partial charge in [-0.05, 0) is 56.3 Å². The van der Waals surface area contributed by atoms with Crippen molar-refractivity contribution in [2.75, 3.05) is 0 Å². The maximum atomic E-state index is 10.8. The van der Waals surface area contributed by atoms with Crippen LogP contribution in [0.1, 0.15) is 38.5 Å². The molecule has 4 rings (SSSR count). The van der Waals surface area contributed by atoms with Crippen LogP contribution in [-0.4, -0.2) is 18.5 Å². The zero-order chi connectivity index (χ0) is 10.7. The molecule has 0 unspecified atom stereocenters. The van der Waals surface area contributed by atoms with Crippen molar-refractivity contribution in [3.8, 4) is 0 Å². The van der Waals surface area contributed by atoms with E-state index in [0.29, 0.717) is 17.8 Å². The van der Waals surface area contributed by atoms with Gasteiger partial charge in [0.1, 0.15) is 0 Å². The Morgan fingerprint density at radius 3 is 1.73 bits per heavy atom. The maximum Gasteiger partial charge on any atom is 0.159 e. The van der Waals surface area contributed by atoms with Crippen LogP contribution < -0.4 is 4.72 Å². The van der Waals surface area contributed by atoms with E-state index in [1.807, 2.05) is 0 Å². The first-order chi connectivity index (χ1) is 6.94. The largest absolute Gasteiger partial charge is 0.735 e. The van der Waals surface area contributed by atoms with Crippen LogP contribution in [0.15, 0.2) is 0 Å². The Hall–Kier alpha value is -0.130. The summed E-state index contributed by atoms with van der Waals surface area (Å²) < 4.78 is 34.9. The molecule has 0 aromatic carbocycles. The van der Waals surface area contributed by atoms with Crippen LogP contribution in [0, 0.1) is 17.8 Å². The minimum absolute atomic E-state index is 0.366. The van der Waals surface area contributed by atoms with Gasteiger partial charge < -0.3 is 4.55 Å². The Kier molecular flexibility index (Phi) is 1.98. The van der Waals surface area contributed by atoms with E-state index < -0.39 is 10.3 Å². The predicted octanol–water partition coefficient (Wildman–Crippen LogP) is 1.00. The summed E-state index contributed by atoms with van der Waals surface area (Å²) in [4.78, 5) is 0. The predicted molar refractivity (Wildman–Crippen MR) is 53.7 cm³/mol. The SMILES string of the molecule is O=S(=O)([O-])NC12CC3CC(CC(C3)C1)C2. The summed E-state index contributed by atoms with van der Waals surface area (Å²) in [5.41, 5.74) is -0.366. The first-order valence-corrected chi connectivity index (χ1v) is 7.10. The van der Waals surface area contributed by atoms with Crippen LogP contribution in [0.2, 0.25) is 0 Å². The summed E-state index contributed by atoms with van der Waals surface area (Å²) in [5, 5.41) is 0. The Balaban J connectivity index is 1.87. The van der Waals surface area contributed by atoms with Crippen LogP contribution in [0.4, 0.5) is 0 Å². The van der Waals surface area contributed by atoms with Crippen LogP contribution in [-0.2, 0) is 10.3 Å². The van der Waals surface area contributed by atoms with E-state index in [4.69, 9.17) is 0 Å². The number of hydrogen-bond donors (Lipinski definition) is 1. The van der Waals surface area contributed by atoms with Crippen LogP contribution in [0.25, 0.3) is 0 Å². The standard InChI is InChI=1S/C10H17NO3S/c12-15(13,14)11-10-4-7-1-8(5-10)3-9(2-7)6-10/h7-9,11H,1-6H2,(H,12,13,14)/p-1. The molecule has 0 amide bonds. The zero-order valence-corrected chi connectivity index (χ0v) is 9.42. The summed E-state index contributed by atoms with van der Waals surface area (Å²) in [6.07, 6.45) is 6.42. The highest BCUT2D eigenvalue weighted by Gasteiger charge is 2.51. The molecule has 0 aromatic rings. The van der Waals surface area contributed by atoms with Gasteiger partial charge in [0.25, 0.3) is 0 Å². The molecule has 0 aliphatic heterocycles. The van der Waals surface area contributed by atoms with E-state index in [0.717, 1.165) is 19.3 Å². The van der Waals surface area contributed by atoms with Gasteiger partial charge in [0.15, 0.2) is 10.3 Å². The van der Waals surface area contributed by atoms with Crippen molar-refractivity contribution >= 4 is 10.3 Å². The average molecular weight is 230 g/mol. The quantitative estimate of drug-likeness (QED) is 0.720. The highest BCUT2D eigenvalue weighted by molar-refractivity contribution is 7.83. The lowest BCUT2D eigenvalue weighted by atomic mass is 9.53. The lowest BCUT2D eigenvalue weighted by molar-refractivity contribution is -0.00918. The maximum absolute atomic E-state index is 10.8. The second kappa shape index (κ2) is 2.96. The lowest BCUT2D eigenvalue weighted by Gasteiger charge is -2.57. The minimum atomic E-state index is -4.29. The van der Waals surface area contributed by atoms with Crippen molar-refractivity contribution in [1.29, 1.82) is 0 Å². The average Bonchev–Trinajstić information content (AvgIpc) is 1.94. The summed E-state index contributed by atoms with van der Waals surface area (Å²) in [6, 6.07) is 0. The van der Waals surface area contributed by atoms with Crippen LogP contribution >= 0.6 is 0 Å². The van der Waals surface area contributed by atoms with Gasteiger partial charge in [-0.1, -0.05) is 0 Å². The minimum Gasteiger partial charge on any atom is -0.735 e. The van der Waals surface area contributed by atoms with Gasteiger partial charge in [-0.15, -0.1) is 0 Å². The molecule has 0 spiro atoms. The van der Waals surface area contributed by atoms with Crippen molar-refractivity contribution < 1.29 is 13.0 Å². The van der Waals surface area contributed by atoms with E-state index in [9.17, 15) is 13.0 Å². The van der Waals surface area contributed by atoms with Crippen molar-refractivity contribution in [1.82, 2.24) is 4.72 Å². The van der Waals surface area contributed by atoms with Crippen molar-refractivity contribution in [2.45, 2.75) is 44.1 Å². The third-order valence-electron chi connectivity index (χ3n) is 4.38. The normalized spacial score (nSPS) is 48.5. The van der Waals surface area contributed by atoms with Gasteiger partial charge >= 0.3 is 0 Å². The lowest BCUT2D eigenvalue weighted by Crippen LogP contribution is -2.59. The highest BCUT2D eigenvalue weighted by Crippen LogP contribution is 2.55. The number of rotatable bonds is 2. The molecular weight excluding hydrogens is 214 g/mol. The Morgan fingerprint density at radius 2 is 1.40 bits per heavy atom. The molecule has 1 N–H and O–H groups in total. The molecule has 4 saturated carbocycles. The number of nitrogens with one attached hydrogen (secondary N) is 1. The molecule has 4 nitrogen and oxygen atoms in total. The van der Waals surface area contributed by atoms with E-state index >= 15 is 0 Å². The van der Waals surface area contributed by atoms with Gasteiger partial charge in [-0.3, -0.25) is 0 Å². The van der Waals surface area contributed by atoms with E-state index in [1.165, 1.54) is 19.3 Å². The Bertz CT molecular complexity index is 341. The summed E-state index contributed by atoms with van der Waals surface area (Å²) in [5.74, 6) is 1.97. The molecule has 0 atom stereocenters. The van der Waals surface area contributed by atoms with Crippen LogP contribution in [0.5, 0.6) is 0 Å². The smallest absolute Gasteiger partial charge is 0.159 e. The van der Waals surface area contributed by atoms with Crippen molar-refractivity contribution in [2.24, 2.45) is 17.8 Å². The molecule has 15 heavy (non-hydrogen) atoms. The highest BCUT2D eigenvalue weighted by atomic mass is 32.2. The van der Waals surface area contributed by atoms with Gasteiger partial charge in [0.2, 0.25) is 0 Å². The second-order valence-electron chi connectivity index (χ2n) is 5.75. The molecule has 0 aromatic heterocycles. The van der Waals surface area contributed by atoms with Crippen molar-refractivity contribution in [3.63, 3.8) is 0 Å². The third-order valence-corrected chi connectivity index (χ3v) is 5.06. The fraction of sp³-hybridized carbons (Fsp3) is 1.00. The van der Waals surface area contributed by atoms with E-state index in [2.05, 4.69) is 4.72 Å². The van der Waals surface area contributed by atoms with Crippen molar-refractivity contribution in [3.05, 3.63) is 0 Å². The summed E-state index contributed by atoms with van der Waals surface area (Å²) in [7, 11) is -4.29. The van der Waals surface area contributed by atoms with E-state index in [-0.39, 0.29) is 5.54 Å². The van der Waals surface area contributed by atoms with Gasteiger partial charge in [-0.2, -0.15) is 0 Å². The molecule has 4 aliphatic carbocycles. The molecule has 86 valence electrons. The Labute approximate surface area is 90.3 Å². The van der Waals surface area contributed by atoms with Gasteiger partial charge in [-0.25, -0.2) is 13.1 Å². The summed E-state index contributed by atoms with van der Waals surface area (Å²) >= 11 is 0. The fourth-order valence-corrected chi connectivity index (χ4v) is 5.28. The summed E-state index contributed by atoms with van der Waals surface area (Å²) in [6.45, 7) is 0. The zero-order valence-electron chi connectivity index (χ0n) is 8.61. The van der Waals surface area contributed by atoms with E-state index in [1.54, 1.807) is 0 Å². The third kappa shape index (κ3) is 1.81. The van der Waals surface area contributed by atoms with Gasteiger partial charge in [0.05, 0.1) is 0 Å². The molecular formula is C10H16NO3S-. The molecule has 4 bridgehead atoms. The second-order valence-corrected chi connectivity index (χ2v) is 6.87. The molecule has 0 heterocycles. The molecule has 0 saturated heterocycles. The first-order valence-electron chi connectivity index (χ1n) is 5.69. The molecule has 5 heteroatoms. The topological polar surface area (TPSA) is 69.2 Å². The molecule has 0 radical (unpaired) electrons. The molecule has 4 fully saturated rings.